The smallest absolute Gasteiger partial charge is 0.195 e. The first-order valence-corrected chi connectivity index (χ1v) is 23.4. The van der Waals surface area contributed by atoms with Crippen LogP contribution in [0.2, 0.25) is 0 Å². The van der Waals surface area contributed by atoms with E-state index in [1.165, 1.54) is 22.7 Å². The molecule has 11 rings (SSSR count). The predicted octanol–water partition coefficient (Wildman–Crippen LogP) is 15.6. The molecular formula is C60H38O4S2. The van der Waals surface area contributed by atoms with E-state index in [0.717, 1.165) is 76.9 Å². The topological polar surface area (TPSA) is 52.6 Å². The van der Waals surface area contributed by atoms with Crippen LogP contribution in [-0.4, -0.2) is 11.6 Å². The molecule has 0 spiro atoms. The van der Waals surface area contributed by atoms with Crippen molar-refractivity contribution in [3.8, 4) is 21.6 Å². The maximum atomic E-state index is 15.3. The van der Waals surface area contributed by atoms with Gasteiger partial charge < -0.3 is 9.47 Å². The number of ether oxygens (including phenoxy) is 2. The summed E-state index contributed by atoms with van der Waals surface area (Å²) in [7, 11) is 0. The molecule has 0 N–H and O–H groups in total. The molecule has 2 aliphatic carbocycles. The first-order chi connectivity index (χ1) is 32.6. The lowest BCUT2D eigenvalue weighted by Crippen LogP contribution is -2.02. The van der Waals surface area contributed by atoms with E-state index in [-0.39, 0.29) is 11.6 Å². The molecule has 2 aliphatic rings. The van der Waals surface area contributed by atoms with E-state index in [1.807, 2.05) is 211 Å². The van der Waals surface area contributed by atoms with Gasteiger partial charge in [0.05, 0.1) is 0 Å². The average molecular weight is 887 g/mol. The molecule has 2 heterocycles. The molecule has 6 heteroatoms. The molecule has 0 unspecified atom stereocenters. The fraction of sp³-hybridized carbons (Fsp3) is 0. The van der Waals surface area contributed by atoms with Crippen LogP contribution in [0.5, 0.6) is 21.6 Å². The Morgan fingerprint density at radius 1 is 0.258 bits per heavy atom. The van der Waals surface area contributed by atoms with Crippen molar-refractivity contribution in [3.63, 3.8) is 0 Å². The van der Waals surface area contributed by atoms with Gasteiger partial charge in [-0.15, -0.1) is 22.7 Å². The molecule has 9 aromatic rings. The van der Waals surface area contributed by atoms with E-state index >= 15 is 9.59 Å². The highest BCUT2D eigenvalue weighted by Crippen LogP contribution is 2.53. The monoisotopic (exact) mass is 886 g/mol. The first kappa shape index (κ1) is 40.6. The number of Topliss-reactive ketones (excluding diaryl/α,β-unsaturated/α-hetero) is 2. The van der Waals surface area contributed by atoms with Crippen LogP contribution in [-0.2, 0) is 9.59 Å². The van der Waals surface area contributed by atoms with Crippen molar-refractivity contribution in [3.05, 3.63) is 274 Å². The van der Waals surface area contributed by atoms with Gasteiger partial charge in [0.2, 0.25) is 0 Å². The van der Waals surface area contributed by atoms with Gasteiger partial charge in [-0.2, -0.15) is 0 Å². The first-order valence-electron chi connectivity index (χ1n) is 21.6. The number of carbonyl (C=O) groups is 2. The standard InChI is InChI=1S/C60H38O4S2/c61-59-55(39-16-5-1-6-17-39)51(43-28-32-47(33-29-43)63-49-26-14-36-65-49)53(57(59)41-20-9-3-10-21-41)45-24-13-25-46(38-45)54-52(44-30-34-48(35-31-44)64-50-27-15-37-66-50)56(40-18-7-2-8-19-40)60(62)58(54)42-22-11-4-12-23-42/h1-38H. The van der Waals surface area contributed by atoms with Gasteiger partial charge in [0.25, 0.3) is 0 Å². The highest BCUT2D eigenvalue weighted by Gasteiger charge is 2.38. The normalized spacial score (nSPS) is 13.9. The van der Waals surface area contributed by atoms with Crippen molar-refractivity contribution in [1.29, 1.82) is 0 Å². The van der Waals surface area contributed by atoms with Crippen LogP contribution in [0.25, 0.3) is 44.6 Å². The lowest BCUT2D eigenvalue weighted by Gasteiger charge is -2.18. The van der Waals surface area contributed by atoms with Crippen molar-refractivity contribution < 1.29 is 19.1 Å². The molecule has 0 atom stereocenters. The minimum atomic E-state index is -0.0567. The van der Waals surface area contributed by atoms with Crippen LogP contribution in [0.1, 0.15) is 44.5 Å². The van der Waals surface area contributed by atoms with E-state index in [4.69, 9.17) is 9.47 Å². The molecule has 0 radical (unpaired) electrons. The third-order valence-corrected chi connectivity index (χ3v) is 13.3. The van der Waals surface area contributed by atoms with Crippen molar-refractivity contribution in [2.45, 2.75) is 0 Å². The van der Waals surface area contributed by atoms with E-state index in [1.54, 1.807) is 0 Å². The minimum Gasteiger partial charge on any atom is -0.447 e. The summed E-state index contributed by atoms with van der Waals surface area (Å²) < 4.78 is 12.4. The summed E-state index contributed by atoms with van der Waals surface area (Å²) in [6.45, 7) is 0. The number of benzene rings is 7. The van der Waals surface area contributed by atoms with Gasteiger partial charge >= 0.3 is 0 Å². The molecule has 0 bridgehead atoms. The molecule has 66 heavy (non-hydrogen) atoms. The molecule has 0 amide bonds. The Balaban J connectivity index is 1.14. The molecule has 314 valence electrons. The molecule has 0 aliphatic heterocycles. The molecule has 2 aromatic heterocycles. The Morgan fingerprint density at radius 3 is 0.848 bits per heavy atom. The Kier molecular flexibility index (Phi) is 10.9. The van der Waals surface area contributed by atoms with Crippen molar-refractivity contribution >= 4 is 78.8 Å². The van der Waals surface area contributed by atoms with E-state index in [0.29, 0.717) is 33.8 Å². The quantitative estimate of drug-likeness (QED) is 0.123. The molecule has 0 saturated carbocycles. The molecular weight excluding hydrogens is 849 g/mol. The largest absolute Gasteiger partial charge is 0.447 e. The van der Waals surface area contributed by atoms with E-state index < -0.39 is 0 Å². The number of carbonyl (C=O) groups excluding carboxylic acids is 2. The molecule has 0 saturated heterocycles. The average Bonchev–Trinajstić information content (AvgIpc) is 4.20. The number of allylic oxidation sites excluding steroid dienone is 8. The van der Waals surface area contributed by atoms with Crippen LogP contribution in [0.4, 0.5) is 0 Å². The number of hydrogen-bond acceptors (Lipinski definition) is 6. The zero-order valence-electron chi connectivity index (χ0n) is 35.4. The van der Waals surface area contributed by atoms with Crippen molar-refractivity contribution in [2.75, 3.05) is 0 Å². The second-order valence-electron chi connectivity index (χ2n) is 15.8. The zero-order valence-corrected chi connectivity index (χ0v) is 37.0. The zero-order chi connectivity index (χ0) is 44.4. The van der Waals surface area contributed by atoms with Crippen LogP contribution in [0.15, 0.2) is 229 Å². The molecule has 0 fully saturated rings. The van der Waals surface area contributed by atoms with Crippen LogP contribution < -0.4 is 9.47 Å². The van der Waals surface area contributed by atoms with Crippen molar-refractivity contribution in [1.82, 2.24) is 0 Å². The Hall–Kier alpha value is -8.16. The summed E-state index contributed by atoms with van der Waals surface area (Å²) in [6, 6.07) is 71.9. The summed E-state index contributed by atoms with van der Waals surface area (Å²) in [4.78, 5) is 30.7. The second kappa shape index (κ2) is 17.8. The number of hydrogen-bond donors (Lipinski definition) is 0. The van der Waals surface area contributed by atoms with Gasteiger partial charge in [0, 0.05) is 44.6 Å². The van der Waals surface area contributed by atoms with E-state index in [2.05, 4.69) is 18.2 Å². The third kappa shape index (κ3) is 7.68. The summed E-state index contributed by atoms with van der Waals surface area (Å²) in [5.41, 5.74) is 12.5. The van der Waals surface area contributed by atoms with Crippen molar-refractivity contribution in [2.24, 2.45) is 0 Å². The number of ketones is 2. The van der Waals surface area contributed by atoms with Crippen LogP contribution in [0.3, 0.4) is 0 Å². The summed E-state index contributed by atoms with van der Waals surface area (Å²) in [6.07, 6.45) is 0. The SMILES string of the molecule is O=C1C(c2ccccc2)=C(c2ccc(Oc3cccs3)cc2)C(c2cccc(C3=C(c4ccccc4)C(=O)C(c4ccccc4)=C3c3ccc(Oc4cccs4)cc3)c2)=C1c1ccccc1. The summed E-state index contributed by atoms with van der Waals surface area (Å²) in [5, 5.41) is 5.57. The number of thiophene rings is 2. The predicted molar refractivity (Wildman–Crippen MR) is 271 cm³/mol. The second-order valence-corrected chi connectivity index (χ2v) is 17.6. The lowest BCUT2D eigenvalue weighted by molar-refractivity contribution is -0.109. The summed E-state index contributed by atoms with van der Waals surface area (Å²) >= 11 is 3.07. The van der Waals surface area contributed by atoms with Crippen LogP contribution in [0, 0.1) is 0 Å². The molecule has 4 nitrogen and oxygen atoms in total. The lowest BCUT2D eigenvalue weighted by atomic mass is 9.85. The molecule has 7 aromatic carbocycles. The van der Waals surface area contributed by atoms with Gasteiger partial charge in [-0.1, -0.05) is 164 Å². The highest BCUT2D eigenvalue weighted by atomic mass is 32.1. The van der Waals surface area contributed by atoms with Gasteiger partial charge in [-0.3, -0.25) is 9.59 Å². The van der Waals surface area contributed by atoms with Gasteiger partial charge in [-0.25, -0.2) is 0 Å². The number of rotatable bonds is 12. The Labute approximate surface area is 391 Å². The fourth-order valence-corrected chi connectivity index (χ4v) is 10.2. The Morgan fingerprint density at radius 2 is 0.545 bits per heavy atom. The van der Waals surface area contributed by atoms with E-state index in [9.17, 15) is 0 Å². The van der Waals surface area contributed by atoms with Gasteiger partial charge in [0.1, 0.15) is 11.5 Å². The van der Waals surface area contributed by atoms with Gasteiger partial charge in [-0.05, 0) is 110 Å². The maximum Gasteiger partial charge on any atom is 0.195 e. The summed E-state index contributed by atoms with van der Waals surface area (Å²) in [5.74, 6) is 1.29. The van der Waals surface area contributed by atoms with Gasteiger partial charge in [0.15, 0.2) is 21.7 Å². The van der Waals surface area contributed by atoms with Crippen LogP contribution >= 0.6 is 22.7 Å². The fourth-order valence-electron chi connectivity index (χ4n) is 8.96. The third-order valence-electron chi connectivity index (χ3n) is 11.8. The minimum absolute atomic E-state index is 0.0567. The highest BCUT2D eigenvalue weighted by molar-refractivity contribution is 7.12. The Bertz CT molecular complexity index is 3140. The maximum absolute atomic E-state index is 15.3.